The fraction of sp³-hybridized carbons (Fsp3) is 0.143. The monoisotopic (exact) mass is 373 g/mol. The van der Waals surface area contributed by atoms with Crippen LogP contribution >= 0.6 is 0 Å². The van der Waals surface area contributed by atoms with E-state index in [-0.39, 0.29) is 5.91 Å². The molecular formula is C21H19N5O2. The Kier molecular flexibility index (Phi) is 5.24. The van der Waals surface area contributed by atoms with E-state index in [2.05, 4.69) is 15.5 Å². The molecule has 7 nitrogen and oxygen atoms in total. The average molecular weight is 373 g/mol. The van der Waals surface area contributed by atoms with Gasteiger partial charge in [-0.25, -0.2) is 4.68 Å². The molecule has 4 aromatic rings. The Morgan fingerprint density at radius 1 is 0.929 bits per heavy atom. The minimum Gasteiger partial charge on any atom is -0.467 e. The minimum absolute atomic E-state index is 0.0374. The second-order valence-electron chi connectivity index (χ2n) is 6.41. The van der Waals surface area contributed by atoms with Gasteiger partial charge in [0, 0.05) is 6.54 Å². The molecule has 2 aromatic carbocycles. The van der Waals surface area contributed by atoms with Crippen LogP contribution in [0.4, 0.5) is 0 Å². The average Bonchev–Trinajstić information content (AvgIpc) is 3.43. The van der Waals surface area contributed by atoms with Crippen molar-refractivity contribution in [2.24, 2.45) is 0 Å². The molecule has 0 radical (unpaired) electrons. The van der Waals surface area contributed by atoms with Crippen LogP contribution in [0.25, 0.3) is 5.69 Å². The molecule has 0 N–H and O–H groups in total. The Labute approximate surface area is 162 Å². The third-order valence-electron chi connectivity index (χ3n) is 4.40. The number of carbonyl (C=O) groups excluding carboxylic acids is 1. The number of benzene rings is 2. The summed E-state index contributed by atoms with van der Waals surface area (Å²) in [6.07, 6.45) is 3.47. The zero-order valence-corrected chi connectivity index (χ0v) is 15.2. The summed E-state index contributed by atoms with van der Waals surface area (Å²) in [4.78, 5) is 14.8. The molecular weight excluding hydrogens is 354 g/mol. The summed E-state index contributed by atoms with van der Waals surface area (Å²) in [5, 5.41) is 11.1. The molecule has 2 heterocycles. The van der Waals surface area contributed by atoms with Crippen molar-refractivity contribution in [3.05, 3.63) is 96.2 Å². The van der Waals surface area contributed by atoms with E-state index in [1.165, 1.54) is 6.33 Å². The van der Waals surface area contributed by atoms with Crippen molar-refractivity contribution in [3.8, 4) is 5.69 Å². The quantitative estimate of drug-likeness (QED) is 0.498. The third kappa shape index (κ3) is 4.32. The molecule has 0 aliphatic rings. The summed E-state index contributed by atoms with van der Waals surface area (Å²) in [6.45, 7) is 0.965. The lowest BCUT2D eigenvalue weighted by Gasteiger charge is -2.22. The number of tetrazole rings is 1. The first kappa shape index (κ1) is 17.7. The Hall–Kier alpha value is -3.74. The van der Waals surface area contributed by atoms with Gasteiger partial charge in [0.1, 0.15) is 12.1 Å². The number of hydrogen-bond donors (Lipinski definition) is 0. The standard InChI is InChI=1S/C21H19N5O2/c27-21(13-17-8-10-19(11-9-17)26-16-22-23-24-26)25(15-20-7-4-12-28-20)14-18-5-2-1-3-6-18/h1-12,16H,13-15H2. The molecule has 28 heavy (non-hydrogen) atoms. The summed E-state index contributed by atoms with van der Waals surface area (Å²) < 4.78 is 7.02. The molecule has 0 aliphatic heterocycles. The fourth-order valence-corrected chi connectivity index (χ4v) is 2.96. The summed E-state index contributed by atoms with van der Waals surface area (Å²) in [6, 6.07) is 21.3. The Bertz CT molecular complexity index is 997. The number of nitrogens with zero attached hydrogens (tertiary/aromatic N) is 5. The summed E-state index contributed by atoms with van der Waals surface area (Å²) in [7, 11) is 0. The maximum absolute atomic E-state index is 13.0. The molecule has 2 aromatic heterocycles. The highest BCUT2D eigenvalue weighted by molar-refractivity contribution is 5.78. The molecule has 140 valence electrons. The van der Waals surface area contributed by atoms with E-state index in [0.717, 1.165) is 22.6 Å². The number of carbonyl (C=O) groups is 1. The van der Waals surface area contributed by atoms with Gasteiger partial charge in [-0.2, -0.15) is 0 Å². The molecule has 0 spiro atoms. The van der Waals surface area contributed by atoms with E-state index in [1.54, 1.807) is 10.9 Å². The molecule has 4 rings (SSSR count). The van der Waals surface area contributed by atoms with E-state index < -0.39 is 0 Å². The van der Waals surface area contributed by atoms with Gasteiger partial charge in [-0.3, -0.25) is 4.79 Å². The van der Waals surface area contributed by atoms with Crippen molar-refractivity contribution in [1.29, 1.82) is 0 Å². The molecule has 0 unspecified atom stereocenters. The van der Waals surface area contributed by atoms with Gasteiger partial charge >= 0.3 is 0 Å². The lowest BCUT2D eigenvalue weighted by molar-refractivity contribution is -0.132. The van der Waals surface area contributed by atoms with Crippen LogP contribution in [0.15, 0.2) is 83.7 Å². The van der Waals surface area contributed by atoms with Gasteiger partial charge in [0.2, 0.25) is 5.91 Å². The predicted molar refractivity (Wildman–Crippen MR) is 102 cm³/mol. The van der Waals surface area contributed by atoms with E-state index in [9.17, 15) is 4.79 Å². The summed E-state index contributed by atoms with van der Waals surface area (Å²) >= 11 is 0. The lowest BCUT2D eigenvalue weighted by Crippen LogP contribution is -2.31. The van der Waals surface area contributed by atoms with Crippen molar-refractivity contribution >= 4 is 5.91 Å². The molecule has 1 amide bonds. The smallest absolute Gasteiger partial charge is 0.227 e. The second kappa shape index (κ2) is 8.30. The van der Waals surface area contributed by atoms with Crippen molar-refractivity contribution < 1.29 is 9.21 Å². The molecule has 0 saturated carbocycles. The van der Waals surface area contributed by atoms with Gasteiger partial charge in [0.05, 0.1) is 24.9 Å². The highest BCUT2D eigenvalue weighted by Crippen LogP contribution is 2.14. The first-order chi connectivity index (χ1) is 13.8. The van der Waals surface area contributed by atoms with Crippen LogP contribution in [0.5, 0.6) is 0 Å². The van der Waals surface area contributed by atoms with Gasteiger partial charge in [0.25, 0.3) is 0 Å². The van der Waals surface area contributed by atoms with Crippen molar-refractivity contribution in [2.45, 2.75) is 19.5 Å². The van der Waals surface area contributed by atoms with Crippen LogP contribution < -0.4 is 0 Å². The molecule has 0 fully saturated rings. The maximum Gasteiger partial charge on any atom is 0.227 e. The number of hydrogen-bond acceptors (Lipinski definition) is 5. The van der Waals surface area contributed by atoms with Crippen LogP contribution in [0.1, 0.15) is 16.9 Å². The molecule has 0 saturated heterocycles. The molecule has 0 aliphatic carbocycles. The number of amides is 1. The predicted octanol–water partition coefficient (Wildman–Crippen LogP) is 3.03. The first-order valence-electron chi connectivity index (χ1n) is 8.94. The van der Waals surface area contributed by atoms with E-state index in [0.29, 0.717) is 19.5 Å². The fourth-order valence-electron chi connectivity index (χ4n) is 2.96. The highest BCUT2D eigenvalue weighted by atomic mass is 16.3. The first-order valence-corrected chi connectivity index (χ1v) is 8.94. The van der Waals surface area contributed by atoms with Crippen LogP contribution in [0.2, 0.25) is 0 Å². The normalized spacial score (nSPS) is 10.7. The van der Waals surface area contributed by atoms with Gasteiger partial charge in [-0.1, -0.05) is 42.5 Å². The molecule has 0 atom stereocenters. The zero-order valence-electron chi connectivity index (χ0n) is 15.2. The highest BCUT2D eigenvalue weighted by Gasteiger charge is 2.16. The topological polar surface area (TPSA) is 77.1 Å². The number of aromatic nitrogens is 4. The largest absolute Gasteiger partial charge is 0.467 e. The maximum atomic E-state index is 13.0. The van der Waals surface area contributed by atoms with Crippen LogP contribution in [0.3, 0.4) is 0 Å². The van der Waals surface area contributed by atoms with Crippen molar-refractivity contribution in [3.63, 3.8) is 0 Å². The zero-order chi connectivity index (χ0) is 19.2. The van der Waals surface area contributed by atoms with Gasteiger partial charge < -0.3 is 9.32 Å². The lowest BCUT2D eigenvalue weighted by atomic mass is 10.1. The van der Waals surface area contributed by atoms with Gasteiger partial charge in [0.15, 0.2) is 0 Å². The number of rotatable bonds is 7. The van der Waals surface area contributed by atoms with Gasteiger partial charge in [-0.15, -0.1) is 5.10 Å². The molecule has 7 heteroatoms. The minimum atomic E-state index is 0.0374. The van der Waals surface area contributed by atoms with Crippen molar-refractivity contribution in [1.82, 2.24) is 25.1 Å². The van der Waals surface area contributed by atoms with E-state index in [4.69, 9.17) is 4.42 Å². The third-order valence-corrected chi connectivity index (χ3v) is 4.40. The summed E-state index contributed by atoms with van der Waals surface area (Å²) in [5.41, 5.74) is 2.86. The number of furan rings is 1. The van der Waals surface area contributed by atoms with E-state index in [1.807, 2.05) is 71.6 Å². The van der Waals surface area contributed by atoms with Crippen LogP contribution in [-0.4, -0.2) is 31.0 Å². The second-order valence-corrected chi connectivity index (χ2v) is 6.41. The Morgan fingerprint density at radius 2 is 1.75 bits per heavy atom. The van der Waals surface area contributed by atoms with Crippen molar-refractivity contribution in [2.75, 3.05) is 0 Å². The van der Waals surface area contributed by atoms with Crippen LogP contribution in [-0.2, 0) is 24.3 Å². The SMILES string of the molecule is O=C(Cc1ccc(-n2cnnn2)cc1)N(Cc1ccccc1)Cc1ccco1. The van der Waals surface area contributed by atoms with Gasteiger partial charge in [-0.05, 0) is 45.8 Å². The Morgan fingerprint density at radius 3 is 2.43 bits per heavy atom. The van der Waals surface area contributed by atoms with Crippen LogP contribution in [0, 0.1) is 0 Å². The molecule has 0 bridgehead atoms. The van der Waals surface area contributed by atoms with E-state index >= 15 is 0 Å². The summed E-state index contributed by atoms with van der Waals surface area (Å²) in [5.74, 6) is 0.800. The Balaban J connectivity index is 1.48.